The van der Waals surface area contributed by atoms with Crippen LogP contribution in [0.4, 0.5) is 0 Å². The minimum absolute atomic E-state index is 0.0486. The third-order valence-electron chi connectivity index (χ3n) is 2.59. The lowest BCUT2D eigenvalue weighted by molar-refractivity contribution is -0.113. The maximum Gasteiger partial charge on any atom is 0.225 e. The topological polar surface area (TPSA) is 40.9 Å². The molecule has 0 radical (unpaired) electrons. The number of carbonyl (C=O) groups excluding carboxylic acids is 1. The summed E-state index contributed by atoms with van der Waals surface area (Å²) in [5.41, 5.74) is 0.282. The van der Waals surface area contributed by atoms with Gasteiger partial charge in [0, 0.05) is 17.4 Å². The van der Waals surface area contributed by atoms with Crippen LogP contribution in [0, 0.1) is 28.6 Å². The zero-order valence-electron chi connectivity index (χ0n) is 7.10. The van der Waals surface area contributed by atoms with E-state index < -0.39 is 0 Å². The van der Waals surface area contributed by atoms with E-state index in [9.17, 15) is 4.79 Å². The molecule has 64 valence electrons. The Hall–Kier alpha value is -0.810. The molecule has 0 bridgehead atoms. The van der Waals surface area contributed by atoms with Gasteiger partial charge in [0.15, 0.2) is 0 Å². The van der Waals surface area contributed by atoms with Crippen molar-refractivity contribution in [2.24, 2.45) is 17.3 Å². The first kappa shape index (κ1) is 9.28. The molecular weight excluding hydrogens is 174 g/mol. The number of rotatable bonds is 2. The average molecular weight is 184 g/mol. The lowest BCUT2D eigenvalue weighted by Gasteiger charge is -1.97. The number of carbonyl (C=O) groups is 1. The summed E-state index contributed by atoms with van der Waals surface area (Å²) in [6.45, 7) is 7.43. The molecule has 12 heavy (non-hydrogen) atoms. The van der Waals surface area contributed by atoms with Crippen LogP contribution in [-0.2, 0) is 4.79 Å². The molecular formula is C9H10ClNO. The maximum absolute atomic E-state index is 10.9. The molecule has 3 heteroatoms. The highest BCUT2D eigenvalue weighted by Gasteiger charge is 2.62. The molecule has 0 aromatic rings. The van der Waals surface area contributed by atoms with Gasteiger partial charge in [-0.05, 0) is 17.0 Å². The number of allylic oxidation sites excluding steroid dienone is 1. The lowest BCUT2D eigenvalue weighted by atomic mass is 10.1. The first-order chi connectivity index (χ1) is 5.42. The summed E-state index contributed by atoms with van der Waals surface area (Å²) in [5.74, 6) is -0.265. The van der Waals surface area contributed by atoms with Gasteiger partial charge < -0.3 is 0 Å². The summed E-state index contributed by atoms with van der Waals surface area (Å²) in [7, 11) is 0. The summed E-state index contributed by atoms with van der Waals surface area (Å²) in [6, 6.07) is 1.96. The first-order valence-corrected chi connectivity index (χ1v) is 4.09. The summed E-state index contributed by atoms with van der Waals surface area (Å²) in [4.78, 5) is 10.9. The Kier molecular flexibility index (Phi) is 2.01. The van der Waals surface area contributed by atoms with Crippen LogP contribution in [0.1, 0.15) is 13.8 Å². The second kappa shape index (κ2) is 2.60. The standard InChI is InChI=1S/C9H10ClNO/c1-5(4-11)6-7(8(10)12)9(6,2)3/h6-7H,1H2,2-3H3. The van der Waals surface area contributed by atoms with Gasteiger partial charge in [-0.2, -0.15) is 5.26 Å². The van der Waals surface area contributed by atoms with Crippen molar-refractivity contribution in [1.82, 2.24) is 0 Å². The van der Waals surface area contributed by atoms with Crippen molar-refractivity contribution in [3.8, 4) is 6.07 Å². The van der Waals surface area contributed by atoms with Crippen molar-refractivity contribution in [3.05, 3.63) is 12.2 Å². The van der Waals surface area contributed by atoms with Gasteiger partial charge in [-0.15, -0.1) is 0 Å². The second-order valence-corrected chi connectivity index (χ2v) is 4.09. The molecule has 2 nitrogen and oxygen atoms in total. The molecule has 0 heterocycles. The molecule has 0 N–H and O–H groups in total. The molecule has 0 spiro atoms. The highest BCUT2D eigenvalue weighted by molar-refractivity contribution is 6.64. The van der Waals surface area contributed by atoms with E-state index in [1.807, 2.05) is 19.9 Å². The predicted octanol–water partition coefficient (Wildman–Crippen LogP) is 2.10. The third-order valence-corrected chi connectivity index (χ3v) is 2.83. The molecule has 1 aliphatic carbocycles. The monoisotopic (exact) mass is 183 g/mol. The average Bonchev–Trinajstić information content (AvgIpc) is 2.52. The van der Waals surface area contributed by atoms with E-state index in [-0.39, 0.29) is 22.5 Å². The van der Waals surface area contributed by atoms with E-state index in [0.717, 1.165) is 0 Å². The first-order valence-electron chi connectivity index (χ1n) is 3.71. The summed E-state index contributed by atoms with van der Waals surface area (Å²) < 4.78 is 0. The molecule has 1 fully saturated rings. The van der Waals surface area contributed by atoms with Crippen LogP contribution in [0.2, 0.25) is 0 Å². The molecule has 2 unspecified atom stereocenters. The maximum atomic E-state index is 10.9. The van der Waals surface area contributed by atoms with Crippen LogP contribution >= 0.6 is 11.6 Å². The number of nitrogens with zero attached hydrogens (tertiary/aromatic N) is 1. The highest BCUT2D eigenvalue weighted by atomic mass is 35.5. The number of halogens is 1. The van der Waals surface area contributed by atoms with Crippen molar-refractivity contribution in [2.75, 3.05) is 0 Å². The third kappa shape index (κ3) is 1.15. The van der Waals surface area contributed by atoms with Gasteiger partial charge in [0.2, 0.25) is 5.24 Å². The smallest absolute Gasteiger partial charge is 0.225 e. The van der Waals surface area contributed by atoms with Crippen molar-refractivity contribution in [1.29, 1.82) is 5.26 Å². The van der Waals surface area contributed by atoms with Crippen molar-refractivity contribution in [2.45, 2.75) is 13.8 Å². The van der Waals surface area contributed by atoms with Gasteiger partial charge in [0.1, 0.15) is 0 Å². The van der Waals surface area contributed by atoms with Crippen LogP contribution in [0.25, 0.3) is 0 Å². The molecule has 0 aliphatic heterocycles. The highest BCUT2D eigenvalue weighted by Crippen LogP contribution is 2.61. The van der Waals surface area contributed by atoms with Crippen molar-refractivity contribution < 1.29 is 4.79 Å². The van der Waals surface area contributed by atoms with Gasteiger partial charge in [-0.1, -0.05) is 20.4 Å². The zero-order valence-corrected chi connectivity index (χ0v) is 7.85. The van der Waals surface area contributed by atoms with Crippen LogP contribution in [-0.4, -0.2) is 5.24 Å². The Morgan fingerprint density at radius 2 is 2.08 bits per heavy atom. The second-order valence-electron chi connectivity index (χ2n) is 3.72. The summed E-state index contributed by atoms with van der Waals surface area (Å²) in [6.07, 6.45) is 0. The Morgan fingerprint density at radius 1 is 1.58 bits per heavy atom. The van der Waals surface area contributed by atoms with Crippen LogP contribution in [0.5, 0.6) is 0 Å². The summed E-state index contributed by atoms with van der Waals surface area (Å²) in [5, 5.41) is 8.21. The molecule has 1 rings (SSSR count). The summed E-state index contributed by atoms with van der Waals surface area (Å²) >= 11 is 5.37. The van der Waals surface area contributed by atoms with E-state index in [4.69, 9.17) is 16.9 Å². The predicted molar refractivity (Wildman–Crippen MR) is 46.4 cm³/mol. The fraction of sp³-hybridized carbons (Fsp3) is 0.556. The molecule has 0 saturated heterocycles. The van der Waals surface area contributed by atoms with Crippen LogP contribution in [0.3, 0.4) is 0 Å². The van der Waals surface area contributed by atoms with E-state index in [1.165, 1.54) is 0 Å². The van der Waals surface area contributed by atoms with E-state index in [0.29, 0.717) is 5.57 Å². The van der Waals surface area contributed by atoms with Gasteiger partial charge in [0.05, 0.1) is 6.07 Å². The molecule has 2 atom stereocenters. The fourth-order valence-electron chi connectivity index (χ4n) is 1.78. The Balaban J connectivity index is 2.81. The fourth-order valence-corrected chi connectivity index (χ4v) is 2.19. The van der Waals surface area contributed by atoms with Gasteiger partial charge >= 0.3 is 0 Å². The van der Waals surface area contributed by atoms with Gasteiger partial charge in [-0.3, -0.25) is 4.79 Å². The Labute approximate surface area is 76.8 Å². The number of nitriles is 1. The Morgan fingerprint density at radius 3 is 2.33 bits per heavy atom. The number of hydrogen-bond acceptors (Lipinski definition) is 2. The van der Waals surface area contributed by atoms with Crippen LogP contribution in [0.15, 0.2) is 12.2 Å². The van der Waals surface area contributed by atoms with Gasteiger partial charge in [0.25, 0.3) is 0 Å². The minimum Gasteiger partial charge on any atom is -0.281 e. The van der Waals surface area contributed by atoms with E-state index in [2.05, 4.69) is 6.58 Å². The van der Waals surface area contributed by atoms with E-state index in [1.54, 1.807) is 0 Å². The normalized spacial score (nSPS) is 30.5. The van der Waals surface area contributed by atoms with Crippen molar-refractivity contribution >= 4 is 16.8 Å². The number of hydrogen-bond donors (Lipinski definition) is 0. The largest absolute Gasteiger partial charge is 0.281 e. The Bertz CT molecular complexity index is 287. The minimum atomic E-state index is -0.360. The molecule has 1 saturated carbocycles. The SMILES string of the molecule is C=C(C#N)C1C(C(=O)Cl)C1(C)C. The quantitative estimate of drug-likeness (QED) is 0.486. The molecule has 0 amide bonds. The van der Waals surface area contributed by atoms with E-state index >= 15 is 0 Å². The van der Waals surface area contributed by atoms with Crippen LogP contribution < -0.4 is 0 Å². The molecule has 1 aliphatic rings. The molecule has 0 aromatic heterocycles. The molecule has 0 aromatic carbocycles. The van der Waals surface area contributed by atoms with Crippen molar-refractivity contribution in [3.63, 3.8) is 0 Å². The van der Waals surface area contributed by atoms with Gasteiger partial charge in [-0.25, -0.2) is 0 Å². The zero-order chi connectivity index (χ0) is 9.52. The lowest BCUT2D eigenvalue weighted by Crippen LogP contribution is -1.96.